The van der Waals surface area contributed by atoms with Crippen molar-refractivity contribution in [2.24, 2.45) is 5.14 Å². The van der Waals surface area contributed by atoms with Crippen molar-refractivity contribution >= 4 is 38.9 Å². The van der Waals surface area contributed by atoms with E-state index in [2.05, 4.69) is 19.5 Å². The van der Waals surface area contributed by atoms with Gasteiger partial charge in [0.05, 0.1) is 28.9 Å². The molecule has 0 saturated carbocycles. The third-order valence-electron chi connectivity index (χ3n) is 4.47. The van der Waals surface area contributed by atoms with Crippen LogP contribution in [0.25, 0.3) is 0 Å². The first kappa shape index (κ1) is 23.3. The first-order chi connectivity index (χ1) is 14.6. The van der Waals surface area contributed by atoms with Gasteiger partial charge in [0.2, 0.25) is 5.91 Å². The summed E-state index contributed by atoms with van der Waals surface area (Å²) in [7, 11) is -4.07. The van der Waals surface area contributed by atoms with Crippen LogP contribution < -0.4 is 14.6 Å². The molecule has 1 aromatic carbocycles. The standard InChI is InChI=1S/C20H24N4O4S3/c1-4-15-11-29-20(23-15)18(24-19(25)10-17-12(2)30-13(3)22-17)9-14-5-7-16(8-6-14)28-31(21,26)27/h5-8,11,18H,4,9-10H2,1-3H3,(H,24,25)(H2,21,26,27). The molecule has 0 bridgehead atoms. The van der Waals surface area contributed by atoms with Crippen molar-refractivity contribution in [1.29, 1.82) is 0 Å². The highest BCUT2D eigenvalue weighted by Crippen LogP contribution is 2.25. The van der Waals surface area contributed by atoms with Crippen LogP contribution in [-0.4, -0.2) is 24.3 Å². The topological polar surface area (TPSA) is 124 Å². The van der Waals surface area contributed by atoms with Gasteiger partial charge in [-0.05, 0) is 44.4 Å². The summed E-state index contributed by atoms with van der Waals surface area (Å²) in [5.74, 6) is 0.00422. The number of amides is 1. The number of nitrogens with one attached hydrogen (secondary N) is 1. The van der Waals surface area contributed by atoms with E-state index in [9.17, 15) is 13.2 Å². The minimum atomic E-state index is -4.07. The molecule has 0 aliphatic rings. The minimum absolute atomic E-state index is 0.124. The molecule has 1 unspecified atom stereocenters. The van der Waals surface area contributed by atoms with E-state index in [0.29, 0.717) is 6.42 Å². The van der Waals surface area contributed by atoms with Gasteiger partial charge in [-0.15, -0.1) is 22.7 Å². The van der Waals surface area contributed by atoms with Crippen LogP contribution in [0.1, 0.15) is 44.8 Å². The van der Waals surface area contributed by atoms with Crippen molar-refractivity contribution in [2.45, 2.75) is 46.1 Å². The van der Waals surface area contributed by atoms with Gasteiger partial charge in [-0.1, -0.05) is 19.1 Å². The molecule has 11 heteroatoms. The maximum absolute atomic E-state index is 12.8. The first-order valence-electron chi connectivity index (χ1n) is 9.60. The lowest BCUT2D eigenvalue weighted by Gasteiger charge is -2.17. The molecule has 3 rings (SSSR count). The highest BCUT2D eigenvalue weighted by atomic mass is 32.2. The number of carbonyl (C=O) groups excluding carboxylic acids is 1. The quantitative estimate of drug-likeness (QED) is 0.485. The van der Waals surface area contributed by atoms with Gasteiger partial charge in [-0.3, -0.25) is 4.79 Å². The first-order valence-corrected chi connectivity index (χ1v) is 12.8. The van der Waals surface area contributed by atoms with Crippen LogP contribution in [0.15, 0.2) is 29.6 Å². The van der Waals surface area contributed by atoms with Crippen LogP contribution in [0, 0.1) is 13.8 Å². The molecular weight excluding hydrogens is 456 g/mol. The predicted molar refractivity (Wildman–Crippen MR) is 122 cm³/mol. The summed E-state index contributed by atoms with van der Waals surface area (Å²) in [4.78, 5) is 22.9. The van der Waals surface area contributed by atoms with Gasteiger partial charge in [0.25, 0.3) is 0 Å². The van der Waals surface area contributed by atoms with Gasteiger partial charge in [0.1, 0.15) is 10.8 Å². The number of aromatic nitrogens is 2. The van der Waals surface area contributed by atoms with Gasteiger partial charge in [0.15, 0.2) is 0 Å². The molecule has 2 heterocycles. The Kier molecular flexibility index (Phi) is 7.42. The molecule has 1 amide bonds. The average molecular weight is 481 g/mol. The second-order valence-electron chi connectivity index (χ2n) is 6.99. The molecule has 0 saturated heterocycles. The fraction of sp³-hybridized carbons (Fsp3) is 0.350. The Morgan fingerprint density at radius 1 is 1.23 bits per heavy atom. The summed E-state index contributed by atoms with van der Waals surface area (Å²) in [5.41, 5.74) is 2.65. The molecule has 166 valence electrons. The zero-order chi connectivity index (χ0) is 22.6. The zero-order valence-electron chi connectivity index (χ0n) is 17.4. The third-order valence-corrected chi connectivity index (χ3v) is 6.83. The van der Waals surface area contributed by atoms with Crippen LogP contribution in [-0.2, 0) is 34.4 Å². The Balaban J connectivity index is 1.76. The lowest BCUT2D eigenvalue weighted by atomic mass is 10.1. The van der Waals surface area contributed by atoms with Gasteiger partial charge < -0.3 is 9.50 Å². The second kappa shape index (κ2) is 9.86. The molecule has 3 aromatic rings. The highest BCUT2D eigenvalue weighted by Gasteiger charge is 2.20. The lowest BCUT2D eigenvalue weighted by molar-refractivity contribution is -0.121. The number of hydrogen-bond donors (Lipinski definition) is 2. The molecule has 31 heavy (non-hydrogen) atoms. The van der Waals surface area contributed by atoms with E-state index >= 15 is 0 Å². The molecule has 0 aliphatic carbocycles. The van der Waals surface area contributed by atoms with Crippen LogP contribution in [0.3, 0.4) is 0 Å². The van der Waals surface area contributed by atoms with Crippen LogP contribution in [0.2, 0.25) is 0 Å². The fourth-order valence-electron chi connectivity index (χ4n) is 3.03. The minimum Gasteiger partial charge on any atom is -0.371 e. The molecule has 8 nitrogen and oxygen atoms in total. The molecule has 0 fully saturated rings. The number of nitrogens with two attached hydrogens (primary N) is 1. The van der Waals surface area contributed by atoms with Crippen molar-refractivity contribution in [3.8, 4) is 5.75 Å². The second-order valence-corrected chi connectivity index (χ2v) is 10.4. The maximum Gasteiger partial charge on any atom is 0.380 e. The van der Waals surface area contributed by atoms with Crippen molar-refractivity contribution in [3.63, 3.8) is 0 Å². The van der Waals surface area contributed by atoms with Crippen molar-refractivity contribution in [1.82, 2.24) is 15.3 Å². The summed E-state index contributed by atoms with van der Waals surface area (Å²) < 4.78 is 26.8. The molecule has 3 N–H and O–H groups in total. The summed E-state index contributed by atoms with van der Waals surface area (Å²) in [6, 6.07) is 6.21. The van der Waals surface area contributed by atoms with E-state index in [1.54, 1.807) is 23.5 Å². The number of rotatable bonds is 9. The Morgan fingerprint density at radius 3 is 2.48 bits per heavy atom. The Labute approximate surface area is 189 Å². The van der Waals surface area contributed by atoms with Gasteiger partial charge in [-0.25, -0.2) is 9.97 Å². The van der Waals surface area contributed by atoms with Crippen molar-refractivity contribution in [3.05, 3.63) is 61.5 Å². The lowest BCUT2D eigenvalue weighted by Crippen LogP contribution is -2.31. The molecule has 0 radical (unpaired) electrons. The van der Waals surface area contributed by atoms with E-state index < -0.39 is 10.3 Å². The number of hydrogen-bond acceptors (Lipinski definition) is 8. The Morgan fingerprint density at radius 2 is 1.94 bits per heavy atom. The summed E-state index contributed by atoms with van der Waals surface area (Å²) in [6.45, 7) is 5.92. The van der Waals surface area contributed by atoms with Crippen molar-refractivity contribution < 1.29 is 17.4 Å². The van der Waals surface area contributed by atoms with Gasteiger partial charge in [0, 0.05) is 10.3 Å². The predicted octanol–water partition coefficient (Wildman–Crippen LogP) is 3.00. The number of carbonyl (C=O) groups is 1. The fourth-order valence-corrected chi connectivity index (χ4v) is 5.20. The summed E-state index contributed by atoms with van der Waals surface area (Å²) in [5, 5.41) is 11.7. The number of nitrogens with zero attached hydrogens (tertiary/aromatic N) is 2. The normalized spacial score (nSPS) is 12.5. The number of thiazole rings is 2. The van der Waals surface area contributed by atoms with Crippen LogP contribution in [0.4, 0.5) is 0 Å². The Hall–Kier alpha value is -2.34. The molecule has 2 aromatic heterocycles. The van der Waals surface area contributed by atoms with Gasteiger partial charge in [-0.2, -0.15) is 13.6 Å². The van der Waals surface area contributed by atoms with Gasteiger partial charge >= 0.3 is 10.3 Å². The van der Waals surface area contributed by atoms with Crippen LogP contribution >= 0.6 is 22.7 Å². The monoisotopic (exact) mass is 480 g/mol. The maximum atomic E-state index is 12.8. The number of aryl methyl sites for hydroxylation is 3. The highest BCUT2D eigenvalue weighted by molar-refractivity contribution is 7.84. The summed E-state index contributed by atoms with van der Waals surface area (Å²) >= 11 is 3.08. The van der Waals surface area contributed by atoms with E-state index in [1.807, 2.05) is 26.2 Å². The van der Waals surface area contributed by atoms with E-state index in [0.717, 1.165) is 38.3 Å². The van der Waals surface area contributed by atoms with E-state index in [1.165, 1.54) is 23.5 Å². The average Bonchev–Trinajstić information content (AvgIpc) is 3.28. The Bertz CT molecular complexity index is 1150. The van der Waals surface area contributed by atoms with Crippen molar-refractivity contribution in [2.75, 3.05) is 0 Å². The van der Waals surface area contributed by atoms with E-state index in [-0.39, 0.29) is 24.1 Å². The largest absolute Gasteiger partial charge is 0.380 e. The molecular formula is C20H24N4O4S3. The summed E-state index contributed by atoms with van der Waals surface area (Å²) in [6.07, 6.45) is 1.51. The third kappa shape index (κ3) is 6.82. The smallest absolute Gasteiger partial charge is 0.371 e. The zero-order valence-corrected chi connectivity index (χ0v) is 19.9. The molecule has 0 aliphatic heterocycles. The molecule has 1 atom stereocenters. The SMILES string of the molecule is CCc1csc(C(Cc2ccc(OS(N)(=O)=O)cc2)NC(=O)Cc2nc(C)sc2C)n1. The number of benzene rings is 1. The molecule has 0 spiro atoms. The van der Waals surface area contributed by atoms with Crippen LogP contribution in [0.5, 0.6) is 5.75 Å². The van der Waals surface area contributed by atoms with E-state index in [4.69, 9.17) is 5.14 Å².